The molecular weight excluding hydrogens is 277 g/mol. The molecule has 0 aliphatic carbocycles. The molecule has 0 aliphatic heterocycles. The van der Waals surface area contributed by atoms with Gasteiger partial charge in [0, 0.05) is 0 Å². The van der Waals surface area contributed by atoms with Gasteiger partial charge in [0.15, 0.2) is 0 Å². The number of hydrogen-bond donors (Lipinski definition) is 1. The van der Waals surface area contributed by atoms with E-state index in [9.17, 15) is 4.79 Å². The van der Waals surface area contributed by atoms with Crippen molar-refractivity contribution in [3.05, 3.63) is 12.2 Å². The molecule has 0 aromatic heterocycles. The molecule has 1 unspecified atom stereocenters. The zero-order valence-electron chi connectivity index (χ0n) is 15.4. The first-order chi connectivity index (χ1) is 9.61. The average molecular weight is 315 g/mol. The van der Waals surface area contributed by atoms with Crippen molar-refractivity contribution in [2.45, 2.75) is 54.9 Å². The molecule has 0 aromatic rings. The van der Waals surface area contributed by atoms with Gasteiger partial charge in [-0.3, -0.25) is 0 Å². The molecule has 0 aliphatic rings. The van der Waals surface area contributed by atoms with E-state index in [1.54, 1.807) is 6.92 Å². The summed E-state index contributed by atoms with van der Waals surface area (Å²) in [6, 6.07) is 0. The Morgan fingerprint density at radius 3 is 2.05 bits per heavy atom. The SMILES string of the molecule is C=C(C)C(=O)NCC(C)(C)CC(C)C[PH](CC)(CC)CC. The molecule has 126 valence electrons. The van der Waals surface area contributed by atoms with E-state index in [2.05, 4.69) is 53.4 Å². The van der Waals surface area contributed by atoms with Crippen LogP contribution in [0.25, 0.3) is 0 Å². The van der Waals surface area contributed by atoms with Gasteiger partial charge in [0.2, 0.25) is 0 Å². The van der Waals surface area contributed by atoms with Gasteiger partial charge in [-0.2, -0.15) is 0 Å². The Labute approximate surface area is 133 Å². The van der Waals surface area contributed by atoms with E-state index in [4.69, 9.17) is 0 Å². The van der Waals surface area contributed by atoms with Crippen LogP contribution in [0.3, 0.4) is 0 Å². The van der Waals surface area contributed by atoms with E-state index in [-0.39, 0.29) is 11.3 Å². The van der Waals surface area contributed by atoms with Crippen LogP contribution in [0.2, 0.25) is 0 Å². The van der Waals surface area contributed by atoms with E-state index in [1.165, 1.54) is 31.1 Å². The summed E-state index contributed by atoms with van der Waals surface area (Å²) >= 11 is 0. The number of rotatable bonds is 10. The van der Waals surface area contributed by atoms with Gasteiger partial charge < -0.3 is 0 Å². The van der Waals surface area contributed by atoms with Crippen molar-refractivity contribution in [2.24, 2.45) is 11.3 Å². The van der Waals surface area contributed by atoms with Crippen LogP contribution in [-0.2, 0) is 4.79 Å². The van der Waals surface area contributed by atoms with Crippen LogP contribution in [0.1, 0.15) is 54.9 Å². The summed E-state index contributed by atoms with van der Waals surface area (Å²) in [5, 5.41) is 3.01. The quantitative estimate of drug-likeness (QED) is 0.465. The minimum atomic E-state index is -1.04. The standard InChI is InChI=1S/C18H38NOP/c1-9-21(10-2,11-3)13-16(6)12-18(7,8)14-19-17(20)15(4)5/h16,21H,4,9-14H2,1-3,5-8H3,(H,19,20). The van der Waals surface area contributed by atoms with Crippen LogP contribution in [-0.4, -0.2) is 37.1 Å². The van der Waals surface area contributed by atoms with Gasteiger partial charge in [0.05, 0.1) is 0 Å². The van der Waals surface area contributed by atoms with Crippen molar-refractivity contribution in [3.8, 4) is 0 Å². The Balaban J connectivity index is 4.50. The number of carbonyl (C=O) groups is 1. The van der Waals surface area contributed by atoms with Crippen LogP contribution in [0.5, 0.6) is 0 Å². The Morgan fingerprint density at radius 1 is 1.19 bits per heavy atom. The summed E-state index contributed by atoms with van der Waals surface area (Å²) in [6.07, 6.45) is 6.80. The van der Waals surface area contributed by atoms with E-state index < -0.39 is 7.26 Å². The molecule has 0 rings (SSSR count). The summed E-state index contributed by atoms with van der Waals surface area (Å²) in [5.74, 6) is 0.725. The first-order valence-corrected chi connectivity index (χ1v) is 11.4. The fourth-order valence-electron chi connectivity index (χ4n) is 3.48. The van der Waals surface area contributed by atoms with Crippen molar-refractivity contribution in [1.82, 2.24) is 5.32 Å². The first kappa shape index (κ1) is 20.6. The molecule has 0 spiro atoms. The molecule has 21 heavy (non-hydrogen) atoms. The molecule has 1 N–H and O–H groups in total. The number of carbonyl (C=O) groups excluding carboxylic acids is 1. The topological polar surface area (TPSA) is 29.1 Å². The monoisotopic (exact) mass is 315 g/mol. The van der Waals surface area contributed by atoms with Crippen molar-refractivity contribution < 1.29 is 4.79 Å². The third-order valence-electron chi connectivity index (χ3n) is 5.05. The zero-order chi connectivity index (χ0) is 16.7. The van der Waals surface area contributed by atoms with Gasteiger partial charge in [0.1, 0.15) is 0 Å². The number of nitrogens with one attached hydrogen (secondary N) is 1. The molecular formula is C18H38NOP. The Hall–Kier alpha value is -0.360. The molecule has 2 nitrogen and oxygen atoms in total. The summed E-state index contributed by atoms with van der Waals surface area (Å²) in [7, 11) is -1.04. The molecule has 0 saturated carbocycles. The zero-order valence-corrected chi connectivity index (χ0v) is 16.4. The molecule has 0 saturated heterocycles. The first-order valence-electron chi connectivity index (χ1n) is 8.55. The maximum absolute atomic E-state index is 11.6. The van der Waals surface area contributed by atoms with Crippen LogP contribution in [0.4, 0.5) is 0 Å². The number of amides is 1. The molecule has 0 bridgehead atoms. The molecule has 1 amide bonds. The minimum absolute atomic E-state index is 0.0184. The van der Waals surface area contributed by atoms with Crippen LogP contribution < -0.4 is 5.32 Å². The fraction of sp³-hybridized carbons (Fsp3) is 0.833. The second-order valence-corrected chi connectivity index (χ2v) is 13.2. The molecule has 0 radical (unpaired) electrons. The van der Waals surface area contributed by atoms with Crippen LogP contribution in [0, 0.1) is 11.3 Å². The van der Waals surface area contributed by atoms with E-state index in [0.717, 1.165) is 12.5 Å². The second kappa shape index (κ2) is 8.93. The van der Waals surface area contributed by atoms with Gasteiger partial charge in [-0.15, -0.1) is 0 Å². The summed E-state index contributed by atoms with van der Waals surface area (Å²) in [6.45, 7) is 20.2. The van der Waals surface area contributed by atoms with E-state index in [0.29, 0.717) is 5.57 Å². The molecule has 1 atom stereocenters. The summed E-state index contributed by atoms with van der Waals surface area (Å²) < 4.78 is 0. The fourth-order valence-corrected chi connectivity index (χ4v) is 7.47. The molecule has 3 heteroatoms. The summed E-state index contributed by atoms with van der Waals surface area (Å²) in [4.78, 5) is 11.6. The van der Waals surface area contributed by atoms with Gasteiger partial charge in [-0.25, -0.2) is 0 Å². The van der Waals surface area contributed by atoms with E-state index in [1.807, 2.05) is 0 Å². The van der Waals surface area contributed by atoms with Gasteiger partial charge in [-0.05, 0) is 0 Å². The Morgan fingerprint density at radius 2 is 1.67 bits per heavy atom. The van der Waals surface area contributed by atoms with Crippen LogP contribution in [0.15, 0.2) is 12.2 Å². The van der Waals surface area contributed by atoms with Gasteiger partial charge >= 0.3 is 133 Å². The molecule has 0 aromatic carbocycles. The van der Waals surface area contributed by atoms with Gasteiger partial charge in [-0.1, -0.05) is 0 Å². The van der Waals surface area contributed by atoms with Crippen molar-refractivity contribution in [1.29, 1.82) is 0 Å². The van der Waals surface area contributed by atoms with Crippen molar-refractivity contribution in [2.75, 3.05) is 31.2 Å². The molecule has 0 heterocycles. The summed E-state index contributed by atoms with van der Waals surface area (Å²) in [5.41, 5.74) is 0.744. The van der Waals surface area contributed by atoms with E-state index >= 15 is 0 Å². The van der Waals surface area contributed by atoms with Crippen molar-refractivity contribution in [3.63, 3.8) is 0 Å². The second-order valence-electron chi connectivity index (χ2n) is 7.70. The van der Waals surface area contributed by atoms with Crippen molar-refractivity contribution >= 4 is 13.2 Å². The van der Waals surface area contributed by atoms with Gasteiger partial charge in [0.25, 0.3) is 0 Å². The molecule has 0 fully saturated rings. The normalized spacial score (nSPS) is 14.6. The average Bonchev–Trinajstić information content (AvgIpc) is 2.41. The predicted octanol–water partition coefficient (Wildman–Crippen LogP) is 4.54. The predicted molar refractivity (Wildman–Crippen MR) is 100 cm³/mol. The Kier molecular flexibility index (Phi) is 8.78. The van der Waals surface area contributed by atoms with Crippen LogP contribution >= 0.6 is 7.26 Å². The third kappa shape index (κ3) is 7.45. The maximum atomic E-state index is 11.6. The Bertz CT molecular complexity index is 337. The third-order valence-corrected chi connectivity index (χ3v) is 11.1. The number of hydrogen-bond acceptors (Lipinski definition) is 1.